The maximum absolute atomic E-state index is 4.45. The van der Waals surface area contributed by atoms with Crippen molar-refractivity contribution in [2.24, 2.45) is 0 Å². The second-order valence-electron chi connectivity index (χ2n) is 4.14. The van der Waals surface area contributed by atoms with E-state index in [9.17, 15) is 0 Å². The Bertz CT molecular complexity index is 316. The largest absolute Gasteiger partial charge is 0.237 e. The molecule has 0 saturated heterocycles. The molecule has 0 saturated carbocycles. The number of hydrogen-bond donors (Lipinski definition) is 0. The highest BCUT2D eigenvalue weighted by Gasteiger charge is 2.20. The molecule has 1 aromatic rings. The molecule has 1 rings (SSSR count). The van der Waals surface area contributed by atoms with Gasteiger partial charge in [0, 0.05) is 11.6 Å². The van der Waals surface area contributed by atoms with Gasteiger partial charge in [0.2, 0.25) is 0 Å². The summed E-state index contributed by atoms with van der Waals surface area (Å²) < 4.78 is 0. The summed E-state index contributed by atoms with van der Waals surface area (Å²) in [5.74, 6) is 0.715. The quantitative estimate of drug-likeness (QED) is 0.728. The van der Waals surface area contributed by atoms with Gasteiger partial charge in [-0.15, -0.1) is 0 Å². The topological polar surface area (TPSA) is 25.8 Å². The minimum absolute atomic E-state index is 0.134. The van der Waals surface area contributed by atoms with E-state index in [2.05, 4.69) is 37.3 Å². The van der Waals surface area contributed by atoms with Crippen LogP contribution >= 0.6 is 0 Å². The lowest BCUT2D eigenvalue weighted by molar-refractivity contribution is 0.458. The first-order valence-corrected chi connectivity index (χ1v) is 5.06. The normalized spacial score (nSPS) is 11.4. The van der Waals surface area contributed by atoms with Gasteiger partial charge in [0.15, 0.2) is 5.82 Å². The third-order valence-corrected chi connectivity index (χ3v) is 2.43. The van der Waals surface area contributed by atoms with Crippen LogP contribution in [0.4, 0.5) is 0 Å². The van der Waals surface area contributed by atoms with Gasteiger partial charge in [-0.2, -0.15) is 0 Å². The molecule has 1 aromatic heterocycles. The Hall–Kier alpha value is -1.18. The molecule has 0 unspecified atom stereocenters. The predicted octanol–water partition coefficient (Wildman–Crippen LogP) is 3.20. The molecule has 0 aliphatic rings. The van der Waals surface area contributed by atoms with Crippen LogP contribution in [-0.2, 0) is 5.41 Å². The van der Waals surface area contributed by atoms with E-state index in [0.717, 1.165) is 12.1 Å². The van der Waals surface area contributed by atoms with Gasteiger partial charge in [0.1, 0.15) is 0 Å². The summed E-state index contributed by atoms with van der Waals surface area (Å²) in [6, 6.07) is 1.99. The zero-order chi connectivity index (χ0) is 10.6. The number of rotatable bonds is 4. The zero-order valence-corrected chi connectivity index (χ0v) is 9.25. The molecule has 14 heavy (non-hydrogen) atoms. The lowest BCUT2D eigenvalue weighted by Crippen LogP contribution is -2.19. The molecule has 0 aliphatic heterocycles. The van der Waals surface area contributed by atoms with Crippen LogP contribution in [0.15, 0.2) is 18.8 Å². The van der Waals surface area contributed by atoms with Crippen LogP contribution in [0, 0.1) is 0 Å². The van der Waals surface area contributed by atoms with Crippen LogP contribution in [0.1, 0.15) is 45.1 Å². The van der Waals surface area contributed by atoms with Crippen molar-refractivity contribution in [3.05, 3.63) is 30.4 Å². The van der Waals surface area contributed by atoms with Crippen molar-refractivity contribution in [1.29, 1.82) is 0 Å². The summed E-state index contributed by atoms with van der Waals surface area (Å²) in [6.07, 6.45) is 5.79. The number of hydrogen-bond acceptors (Lipinski definition) is 2. The van der Waals surface area contributed by atoms with Gasteiger partial charge in [0.05, 0.1) is 5.69 Å². The summed E-state index contributed by atoms with van der Waals surface area (Å²) in [6.45, 7) is 10.3. The van der Waals surface area contributed by atoms with Gasteiger partial charge in [0.25, 0.3) is 0 Å². The Morgan fingerprint density at radius 2 is 2.21 bits per heavy atom. The van der Waals surface area contributed by atoms with Crippen molar-refractivity contribution in [2.75, 3.05) is 0 Å². The zero-order valence-electron chi connectivity index (χ0n) is 9.25. The number of aromatic nitrogens is 2. The molecule has 0 atom stereocenters. The fourth-order valence-electron chi connectivity index (χ4n) is 1.60. The van der Waals surface area contributed by atoms with E-state index in [1.54, 1.807) is 12.3 Å². The Morgan fingerprint density at radius 3 is 2.79 bits per heavy atom. The minimum Gasteiger partial charge on any atom is -0.237 e. The lowest BCUT2D eigenvalue weighted by atomic mass is 9.84. The third kappa shape index (κ3) is 2.41. The Balaban J connectivity index is 2.99. The molecule has 2 nitrogen and oxygen atoms in total. The average Bonchev–Trinajstić information content (AvgIpc) is 2.18. The SMILES string of the molecule is C=Cc1nccc(C(C)(C)CCC)n1. The van der Waals surface area contributed by atoms with Crippen LogP contribution in [0.5, 0.6) is 0 Å². The first-order valence-electron chi connectivity index (χ1n) is 5.06. The van der Waals surface area contributed by atoms with E-state index >= 15 is 0 Å². The van der Waals surface area contributed by atoms with Gasteiger partial charge < -0.3 is 0 Å². The molecular formula is C12H18N2. The van der Waals surface area contributed by atoms with Gasteiger partial charge >= 0.3 is 0 Å². The summed E-state index contributed by atoms with van der Waals surface area (Å²) in [4.78, 5) is 8.55. The molecule has 0 bridgehead atoms. The van der Waals surface area contributed by atoms with Gasteiger partial charge in [-0.05, 0) is 18.6 Å². The summed E-state index contributed by atoms with van der Waals surface area (Å²) in [5.41, 5.74) is 1.24. The maximum Gasteiger partial charge on any atom is 0.151 e. The summed E-state index contributed by atoms with van der Waals surface area (Å²) >= 11 is 0. The smallest absolute Gasteiger partial charge is 0.151 e. The molecule has 0 aromatic carbocycles. The van der Waals surface area contributed by atoms with E-state index in [-0.39, 0.29) is 5.41 Å². The maximum atomic E-state index is 4.45. The van der Waals surface area contributed by atoms with Crippen molar-refractivity contribution in [2.45, 2.75) is 39.0 Å². The summed E-state index contributed by atoms with van der Waals surface area (Å²) in [5, 5.41) is 0. The van der Waals surface area contributed by atoms with E-state index in [1.165, 1.54) is 6.42 Å². The fraction of sp³-hybridized carbons (Fsp3) is 0.500. The van der Waals surface area contributed by atoms with Crippen molar-refractivity contribution < 1.29 is 0 Å². The van der Waals surface area contributed by atoms with Crippen LogP contribution < -0.4 is 0 Å². The third-order valence-electron chi connectivity index (χ3n) is 2.43. The van der Waals surface area contributed by atoms with Crippen LogP contribution in [0.3, 0.4) is 0 Å². The molecule has 0 spiro atoms. The predicted molar refractivity (Wildman–Crippen MR) is 60.1 cm³/mol. The lowest BCUT2D eigenvalue weighted by Gasteiger charge is -2.23. The molecular weight excluding hydrogens is 172 g/mol. The molecule has 0 N–H and O–H groups in total. The van der Waals surface area contributed by atoms with E-state index in [1.807, 2.05) is 6.07 Å². The van der Waals surface area contributed by atoms with Gasteiger partial charge in [-0.3, -0.25) is 0 Å². The first kappa shape index (κ1) is 10.9. The van der Waals surface area contributed by atoms with Crippen molar-refractivity contribution in [3.8, 4) is 0 Å². The van der Waals surface area contributed by atoms with Crippen LogP contribution in [0.2, 0.25) is 0 Å². The van der Waals surface area contributed by atoms with E-state index < -0.39 is 0 Å². The van der Waals surface area contributed by atoms with Crippen molar-refractivity contribution >= 4 is 6.08 Å². The number of nitrogens with zero attached hydrogens (tertiary/aromatic N) is 2. The molecule has 0 radical (unpaired) electrons. The van der Waals surface area contributed by atoms with Crippen molar-refractivity contribution in [1.82, 2.24) is 9.97 Å². The van der Waals surface area contributed by atoms with Crippen LogP contribution in [0.25, 0.3) is 6.08 Å². The molecule has 76 valence electrons. The standard InChI is InChI=1S/C12H18N2/c1-5-8-12(3,4)10-7-9-13-11(6-2)14-10/h6-7,9H,2,5,8H2,1,3-4H3. The second-order valence-corrected chi connectivity index (χ2v) is 4.14. The fourth-order valence-corrected chi connectivity index (χ4v) is 1.60. The van der Waals surface area contributed by atoms with Gasteiger partial charge in [-0.25, -0.2) is 9.97 Å². The molecule has 0 amide bonds. The highest BCUT2D eigenvalue weighted by molar-refractivity contribution is 5.36. The Kier molecular flexibility index (Phi) is 3.39. The average molecular weight is 190 g/mol. The highest BCUT2D eigenvalue weighted by Crippen LogP contribution is 2.26. The monoisotopic (exact) mass is 190 g/mol. The highest BCUT2D eigenvalue weighted by atomic mass is 14.9. The molecule has 1 heterocycles. The minimum atomic E-state index is 0.134. The van der Waals surface area contributed by atoms with Crippen molar-refractivity contribution in [3.63, 3.8) is 0 Å². The van der Waals surface area contributed by atoms with Gasteiger partial charge in [-0.1, -0.05) is 33.8 Å². The molecule has 2 heteroatoms. The Labute approximate surface area is 86.1 Å². The van der Waals surface area contributed by atoms with E-state index in [4.69, 9.17) is 0 Å². The first-order chi connectivity index (χ1) is 6.60. The molecule has 0 aliphatic carbocycles. The van der Waals surface area contributed by atoms with E-state index in [0.29, 0.717) is 5.82 Å². The Morgan fingerprint density at radius 1 is 1.50 bits per heavy atom. The molecule has 0 fully saturated rings. The summed E-state index contributed by atoms with van der Waals surface area (Å²) in [7, 11) is 0. The second kappa shape index (κ2) is 4.36. The van der Waals surface area contributed by atoms with Crippen LogP contribution in [-0.4, -0.2) is 9.97 Å².